The number of piperazine rings is 1. The number of rotatable bonds is 9. The van der Waals surface area contributed by atoms with Crippen molar-refractivity contribution >= 4 is 0 Å². The first kappa shape index (κ1) is 16.3. The second-order valence-corrected chi connectivity index (χ2v) is 7.36. The van der Waals surface area contributed by atoms with E-state index in [4.69, 9.17) is 0 Å². The van der Waals surface area contributed by atoms with E-state index in [0.717, 1.165) is 12.5 Å². The van der Waals surface area contributed by atoms with Crippen molar-refractivity contribution in [3.05, 3.63) is 0 Å². The molecule has 3 nitrogen and oxygen atoms in total. The third-order valence-electron chi connectivity index (χ3n) is 5.12. The van der Waals surface area contributed by atoms with E-state index in [-0.39, 0.29) is 0 Å². The van der Waals surface area contributed by atoms with Crippen molar-refractivity contribution in [2.24, 2.45) is 11.3 Å². The predicted octanol–water partition coefficient (Wildman–Crippen LogP) is 2.43. The predicted molar refractivity (Wildman–Crippen MR) is 87.2 cm³/mol. The highest BCUT2D eigenvalue weighted by Gasteiger charge is 2.29. The zero-order valence-electron chi connectivity index (χ0n) is 14.0. The van der Waals surface area contributed by atoms with Crippen molar-refractivity contribution in [2.75, 3.05) is 52.4 Å². The maximum Gasteiger partial charge on any atom is 0.0110 e. The summed E-state index contributed by atoms with van der Waals surface area (Å²) in [6.07, 6.45) is 5.47. The monoisotopic (exact) mass is 281 g/mol. The largest absolute Gasteiger partial charge is 0.316 e. The Hall–Kier alpha value is -0.120. The number of nitrogens with zero attached hydrogens (tertiary/aromatic N) is 2. The highest BCUT2D eigenvalue weighted by Crippen LogP contribution is 2.30. The summed E-state index contributed by atoms with van der Waals surface area (Å²) in [6.45, 7) is 17.1. The molecule has 0 radical (unpaired) electrons. The first-order valence-electron chi connectivity index (χ1n) is 8.80. The van der Waals surface area contributed by atoms with Crippen molar-refractivity contribution in [2.45, 2.75) is 46.5 Å². The molecule has 118 valence electrons. The number of hydrogen-bond donors (Lipinski definition) is 1. The summed E-state index contributed by atoms with van der Waals surface area (Å²) in [6, 6.07) is 0. The van der Waals surface area contributed by atoms with E-state index in [0.29, 0.717) is 5.41 Å². The Kier molecular flexibility index (Phi) is 6.31. The van der Waals surface area contributed by atoms with Gasteiger partial charge < -0.3 is 15.1 Å². The van der Waals surface area contributed by atoms with Crippen LogP contribution >= 0.6 is 0 Å². The lowest BCUT2D eigenvalue weighted by molar-refractivity contribution is 0.0860. The molecule has 20 heavy (non-hydrogen) atoms. The van der Waals surface area contributed by atoms with Crippen LogP contribution in [0.1, 0.15) is 46.5 Å². The van der Waals surface area contributed by atoms with Crippen LogP contribution in [-0.2, 0) is 0 Å². The van der Waals surface area contributed by atoms with Crippen molar-refractivity contribution in [1.29, 1.82) is 0 Å². The maximum atomic E-state index is 3.62. The fourth-order valence-corrected chi connectivity index (χ4v) is 3.20. The normalized spacial score (nSPS) is 24.8. The van der Waals surface area contributed by atoms with E-state index in [1.165, 1.54) is 71.5 Å². The first-order chi connectivity index (χ1) is 9.65. The van der Waals surface area contributed by atoms with Gasteiger partial charge in [-0.25, -0.2) is 0 Å². The summed E-state index contributed by atoms with van der Waals surface area (Å²) in [4.78, 5) is 5.38. The van der Waals surface area contributed by atoms with Crippen LogP contribution in [-0.4, -0.2) is 62.2 Å². The molecule has 0 aromatic rings. The third kappa shape index (κ3) is 5.34. The van der Waals surface area contributed by atoms with Crippen LogP contribution < -0.4 is 5.32 Å². The van der Waals surface area contributed by atoms with Crippen LogP contribution in [0.15, 0.2) is 0 Å². The molecular weight excluding hydrogens is 246 g/mol. The Balaban J connectivity index is 1.68. The topological polar surface area (TPSA) is 18.5 Å². The lowest BCUT2D eigenvalue weighted by Crippen LogP contribution is -2.51. The Labute approximate surface area is 126 Å². The van der Waals surface area contributed by atoms with Crippen molar-refractivity contribution in [1.82, 2.24) is 15.1 Å². The van der Waals surface area contributed by atoms with Gasteiger partial charge in [-0.05, 0) is 43.6 Å². The zero-order chi connectivity index (χ0) is 14.4. The Morgan fingerprint density at radius 1 is 1.05 bits per heavy atom. The lowest BCUT2D eigenvalue weighted by atomic mass is 9.86. The van der Waals surface area contributed by atoms with Crippen molar-refractivity contribution in [3.63, 3.8) is 0 Å². The van der Waals surface area contributed by atoms with Gasteiger partial charge in [-0.1, -0.05) is 20.8 Å². The summed E-state index contributed by atoms with van der Waals surface area (Å²) in [7, 11) is 0. The van der Waals surface area contributed by atoms with Crippen LogP contribution in [0.2, 0.25) is 0 Å². The fraction of sp³-hybridized carbons (Fsp3) is 1.00. The molecule has 1 N–H and O–H groups in total. The minimum atomic E-state index is 0.438. The van der Waals surface area contributed by atoms with Crippen LogP contribution in [0, 0.1) is 11.3 Å². The minimum absolute atomic E-state index is 0.438. The maximum absolute atomic E-state index is 3.62. The molecule has 0 spiro atoms. The van der Waals surface area contributed by atoms with E-state index in [9.17, 15) is 0 Å². The molecule has 0 aromatic heterocycles. The lowest BCUT2D eigenvalue weighted by Gasteiger charge is -2.40. The van der Waals surface area contributed by atoms with Gasteiger partial charge in [-0.15, -0.1) is 0 Å². The van der Waals surface area contributed by atoms with Crippen LogP contribution in [0.4, 0.5) is 0 Å². The molecule has 0 bridgehead atoms. The van der Waals surface area contributed by atoms with Gasteiger partial charge in [0.15, 0.2) is 0 Å². The molecule has 2 fully saturated rings. The van der Waals surface area contributed by atoms with Gasteiger partial charge >= 0.3 is 0 Å². The highest BCUT2D eigenvalue weighted by molar-refractivity contribution is 4.84. The second-order valence-electron chi connectivity index (χ2n) is 7.36. The first-order valence-corrected chi connectivity index (χ1v) is 8.80. The molecule has 2 rings (SSSR count). The molecule has 1 heterocycles. The quantitative estimate of drug-likeness (QED) is 0.655. The van der Waals surface area contributed by atoms with E-state index < -0.39 is 0 Å². The average Bonchev–Trinajstić information content (AvgIpc) is 3.25. The summed E-state index contributed by atoms with van der Waals surface area (Å²) >= 11 is 0. The summed E-state index contributed by atoms with van der Waals surface area (Å²) < 4.78 is 0. The van der Waals surface area contributed by atoms with Crippen molar-refractivity contribution in [3.8, 4) is 0 Å². The Morgan fingerprint density at radius 2 is 1.70 bits per heavy atom. The number of hydrogen-bond acceptors (Lipinski definition) is 3. The molecule has 1 atom stereocenters. The third-order valence-corrected chi connectivity index (χ3v) is 5.12. The summed E-state index contributed by atoms with van der Waals surface area (Å²) in [5.74, 6) is 1.04. The summed E-state index contributed by atoms with van der Waals surface area (Å²) in [5.41, 5.74) is 0.438. The van der Waals surface area contributed by atoms with E-state index in [1.807, 2.05) is 0 Å². The molecule has 1 aliphatic heterocycles. The fourth-order valence-electron chi connectivity index (χ4n) is 3.20. The van der Waals surface area contributed by atoms with Gasteiger partial charge in [0.25, 0.3) is 0 Å². The van der Waals surface area contributed by atoms with Crippen LogP contribution in [0.25, 0.3) is 0 Å². The average molecular weight is 281 g/mol. The Morgan fingerprint density at radius 3 is 2.25 bits per heavy atom. The van der Waals surface area contributed by atoms with Crippen LogP contribution in [0.3, 0.4) is 0 Å². The van der Waals surface area contributed by atoms with E-state index in [2.05, 4.69) is 35.9 Å². The molecule has 3 heteroatoms. The zero-order valence-corrected chi connectivity index (χ0v) is 14.0. The van der Waals surface area contributed by atoms with Gasteiger partial charge in [0.1, 0.15) is 0 Å². The Bertz CT molecular complexity index is 269. The minimum Gasteiger partial charge on any atom is -0.316 e. The second kappa shape index (κ2) is 7.77. The molecule has 2 aliphatic rings. The van der Waals surface area contributed by atoms with E-state index >= 15 is 0 Å². The smallest absolute Gasteiger partial charge is 0.0110 e. The molecular formula is C17H35N3. The SMILES string of the molecule is CCCNCC(C)(CC)CN1CCN(CC2CC2)CC1. The molecule has 1 unspecified atom stereocenters. The van der Waals surface area contributed by atoms with Gasteiger partial charge in [0, 0.05) is 45.8 Å². The van der Waals surface area contributed by atoms with Gasteiger partial charge in [-0.2, -0.15) is 0 Å². The van der Waals surface area contributed by atoms with Gasteiger partial charge in [-0.3, -0.25) is 0 Å². The van der Waals surface area contributed by atoms with Gasteiger partial charge in [0.05, 0.1) is 0 Å². The van der Waals surface area contributed by atoms with Gasteiger partial charge in [0.2, 0.25) is 0 Å². The molecule has 0 amide bonds. The van der Waals surface area contributed by atoms with Crippen LogP contribution in [0.5, 0.6) is 0 Å². The highest BCUT2D eigenvalue weighted by atomic mass is 15.3. The molecule has 1 saturated heterocycles. The number of nitrogens with one attached hydrogen (secondary N) is 1. The van der Waals surface area contributed by atoms with E-state index in [1.54, 1.807) is 0 Å². The molecule has 1 aliphatic carbocycles. The summed E-state index contributed by atoms with van der Waals surface area (Å²) in [5, 5.41) is 3.62. The van der Waals surface area contributed by atoms with Crippen molar-refractivity contribution < 1.29 is 0 Å². The standard InChI is InChI=1S/C17H35N3/c1-4-8-18-14-17(3,5-2)15-20-11-9-19(10-12-20)13-16-6-7-16/h16,18H,4-15H2,1-3H3. The molecule has 1 saturated carbocycles. The molecule has 0 aromatic carbocycles.